The Bertz CT molecular complexity index is 465. The molecule has 1 aromatic carbocycles. The van der Waals surface area contributed by atoms with E-state index in [1.165, 1.54) is 5.56 Å². The van der Waals surface area contributed by atoms with Crippen LogP contribution in [0.5, 0.6) is 5.75 Å². The van der Waals surface area contributed by atoms with Gasteiger partial charge in [0.25, 0.3) is 0 Å². The number of aryl methyl sites for hydroxylation is 1. The number of rotatable bonds is 5. The second-order valence-corrected chi connectivity index (χ2v) is 3.79. The smallest absolute Gasteiger partial charge is 0.119 e. The van der Waals surface area contributed by atoms with Crippen molar-refractivity contribution in [3.8, 4) is 5.75 Å². The van der Waals surface area contributed by atoms with Gasteiger partial charge in [-0.3, -0.25) is 0 Å². The van der Waals surface area contributed by atoms with Crippen LogP contribution >= 0.6 is 0 Å². The molecule has 0 amide bonds. The standard InChI is InChI=1S/C12H15N3O2/c1-10-2-4-12(5-3-10)17-7-6-15-8-11(9-16)13-14-15/h2-5,8,16H,6-7,9H2,1H3. The predicted molar refractivity (Wildman–Crippen MR) is 62.6 cm³/mol. The van der Waals surface area contributed by atoms with E-state index in [4.69, 9.17) is 9.84 Å². The normalized spacial score (nSPS) is 10.5. The van der Waals surface area contributed by atoms with E-state index in [1.54, 1.807) is 10.9 Å². The summed E-state index contributed by atoms with van der Waals surface area (Å²) < 4.78 is 7.21. The molecule has 0 fully saturated rings. The van der Waals surface area contributed by atoms with Crippen molar-refractivity contribution in [1.82, 2.24) is 15.0 Å². The van der Waals surface area contributed by atoms with Gasteiger partial charge in [-0.1, -0.05) is 22.9 Å². The van der Waals surface area contributed by atoms with Crippen LogP contribution in [0.15, 0.2) is 30.5 Å². The van der Waals surface area contributed by atoms with Gasteiger partial charge in [0, 0.05) is 0 Å². The quantitative estimate of drug-likeness (QED) is 0.841. The number of aliphatic hydroxyl groups excluding tert-OH is 1. The third-order valence-electron chi connectivity index (χ3n) is 2.36. The highest BCUT2D eigenvalue weighted by Gasteiger charge is 1.99. The van der Waals surface area contributed by atoms with E-state index in [0.717, 1.165) is 5.75 Å². The van der Waals surface area contributed by atoms with Crippen molar-refractivity contribution in [2.75, 3.05) is 6.61 Å². The number of aliphatic hydroxyl groups is 1. The third-order valence-corrected chi connectivity index (χ3v) is 2.36. The maximum absolute atomic E-state index is 8.83. The van der Waals surface area contributed by atoms with Crippen LogP contribution in [0, 0.1) is 6.92 Å². The summed E-state index contributed by atoms with van der Waals surface area (Å²) in [5.41, 5.74) is 1.78. The summed E-state index contributed by atoms with van der Waals surface area (Å²) in [7, 11) is 0. The molecule has 1 heterocycles. The van der Waals surface area contributed by atoms with Crippen LogP contribution < -0.4 is 4.74 Å². The minimum Gasteiger partial charge on any atom is -0.492 e. The van der Waals surface area contributed by atoms with Gasteiger partial charge >= 0.3 is 0 Å². The molecule has 0 saturated heterocycles. The first kappa shape index (κ1) is 11.6. The minimum atomic E-state index is -0.0845. The molecule has 2 rings (SSSR count). The molecule has 0 spiro atoms. The Kier molecular flexibility index (Phi) is 3.72. The van der Waals surface area contributed by atoms with E-state index in [9.17, 15) is 0 Å². The fourth-order valence-corrected chi connectivity index (χ4v) is 1.41. The number of benzene rings is 1. The van der Waals surface area contributed by atoms with Gasteiger partial charge in [0.05, 0.1) is 19.3 Å². The van der Waals surface area contributed by atoms with Crippen molar-refractivity contribution in [3.63, 3.8) is 0 Å². The Labute approximate surface area is 99.7 Å². The fourth-order valence-electron chi connectivity index (χ4n) is 1.41. The summed E-state index contributed by atoms with van der Waals surface area (Å²) in [6, 6.07) is 7.90. The zero-order chi connectivity index (χ0) is 12.1. The summed E-state index contributed by atoms with van der Waals surface area (Å²) in [4.78, 5) is 0. The van der Waals surface area contributed by atoms with Crippen molar-refractivity contribution in [3.05, 3.63) is 41.7 Å². The number of aromatic nitrogens is 3. The first-order valence-corrected chi connectivity index (χ1v) is 5.47. The second kappa shape index (κ2) is 5.45. The highest BCUT2D eigenvalue weighted by molar-refractivity contribution is 5.26. The summed E-state index contributed by atoms with van der Waals surface area (Å²) in [6.07, 6.45) is 1.71. The summed E-state index contributed by atoms with van der Waals surface area (Å²) in [6.45, 7) is 3.09. The Morgan fingerprint density at radius 1 is 1.29 bits per heavy atom. The molecule has 5 nitrogen and oxygen atoms in total. The maximum Gasteiger partial charge on any atom is 0.119 e. The van der Waals surface area contributed by atoms with Crippen LogP contribution in [-0.2, 0) is 13.2 Å². The topological polar surface area (TPSA) is 60.2 Å². The molecule has 2 aromatic rings. The highest BCUT2D eigenvalue weighted by atomic mass is 16.5. The molecule has 0 atom stereocenters. The Hall–Kier alpha value is -1.88. The monoisotopic (exact) mass is 233 g/mol. The lowest BCUT2D eigenvalue weighted by atomic mass is 10.2. The van der Waals surface area contributed by atoms with Crippen molar-refractivity contribution in [2.24, 2.45) is 0 Å². The molecule has 0 aliphatic carbocycles. The van der Waals surface area contributed by atoms with Gasteiger partial charge in [-0.15, -0.1) is 5.10 Å². The van der Waals surface area contributed by atoms with Crippen LogP contribution in [0.3, 0.4) is 0 Å². The van der Waals surface area contributed by atoms with Crippen molar-refractivity contribution in [2.45, 2.75) is 20.1 Å². The maximum atomic E-state index is 8.83. The van der Waals surface area contributed by atoms with Crippen molar-refractivity contribution < 1.29 is 9.84 Å². The summed E-state index contributed by atoms with van der Waals surface area (Å²) in [5, 5.41) is 16.5. The van der Waals surface area contributed by atoms with Gasteiger partial charge in [0.15, 0.2) is 0 Å². The lowest BCUT2D eigenvalue weighted by molar-refractivity contribution is 0.276. The van der Waals surface area contributed by atoms with Crippen LogP contribution in [-0.4, -0.2) is 26.7 Å². The third kappa shape index (κ3) is 3.29. The molecule has 0 saturated carbocycles. The fraction of sp³-hybridized carbons (Fsp3) is 0.333. The van der Waals surface area contributed by atoms with E-state index in [1.807, 2.05) is 31.2 Å². The van der Waals surface area contributed by atoms with Crippen LogP contribution in [0.2, 0.25) is 0 Å². The molecule has 0 radical (unpaired) electrons. The largest absolute Gasteiger partial charge is 0.492 e. The van der Waals surface area contributed by atoms with Crippen molar-refractivity contribution in [1.29, 1.82) is 0 Å². The molecule has 0 unspecified atom stereocenters. The van der Waals surface area contributed by atoms with E-state index in [2.05, 4.69) is 10.3 Å². The number of hydrogen-bond acceptors (Lipinski definition) is 4. The molecule has 1 aromatic heterocycles. The zero-order valence-corrected chi connectivity index (χ0v) is 9.71. The first-order valence-electron chi connectivity index (χ1n) is 5.47. The number of hydrogen-bond donors (Lipinski definition) is 1. The molecule has 90 valence electrons. The lowest BCUT2D eigenvalue weighted by Gasteiger charge is -2.05. The van der Waals surface area contributed by atoms with E-state index < -0.39 is 0 Å². The van der Waals surface area contributed by atoms with Gasteiger partial charge in [-0.05, 0) is 19.1 Å². The van der Waals surface area contributed by atoms with Crippen LogP contribution in [0.25, 0.3) is 0 Å². The molecular weight excluding hydrogens is 218 g/mol. The molecule has 0 aliphatic heterocycles. The molecule has 0 aliphatic rings. The Balaban J connectivity index is 1.81. The molecule has 0 bridgehead atoms. The second-order valence-electron chi connectivity index (χ2n) is 3.79. The molecule has 5 heteroatoms. The average molecular weight is 233 g/mol. The van der Waals surface area contributed by atoms with E-state index >= 15 is 0 Å². The lowest BCUT2D eigenvalue weighted by Crippen LogP contribution is -2.08. The van der Waals surface area contributed by atoms with E-state index in [0.29, 0.717) is 18.8 Å². The van der Waals surface area contributed by atoms with E-state index in [-0.39, 0.29) is 6.61 Å². The minimum absolute atomic E-state index is 0.0845. The summed E-state index contributed by atoms with van der Waals surface area (Å²) in [5.74, 6) is 0.845. The SMILES string of the molecule is Cc1ccc(OCCn2cc(CO)nn2)cc1. The van der Waals surface area contributed by atoms with Crippen LogP contribution in [0.4, 0.5) is 0 Å². The van der Waals surface area contributed by atoms with Gasteiger partial charge in [-0.25, -0.2) is 4.68 Å². The van der Waals surface area contributed by atoms with Gasteiger partial charge in [0.2, 0.25) is 0 Å². The molecule has 17 heavy (non-hydrogen) atoms. The zero-order valence-electron chi connectivity index (χ0n) is 9.71. The Morgan fingerprint density at radius 3 is 2.71 bits per heavy atom. The molecular formula is C12H15N3O2. The van der Waals surface area contributed by atoms with Crippen LogP contribution in [0.1, 0.15) is 11.3 Å². The Morgan fingerprint density at radius 2 is 2.06 bits per heavy atom. The molecule has 1 N–H and O–H groups in total. The highest BCUT2D eigenvalue weighted by Crippen LogP contribution is 2.11. The predicted octanol–water partition coefficient (Wildman–Crippen LogP) is 1.16. The van der Waals surface area contributed by atoms with Gasteiger partial charge in [-0.2, -0.15) is 0 Å². The van der Waals surface area contributed by atoms with Gasteiger partial charge < -0.3 is 9.84 Å². The first-order chi connectivity index (χ1) is 8.28. The number of ether oxygens (including phenoxy) is 1. The van der Waals surface area contributed by atoms with Crippen molar-refractivity contribution >= 4 is 0 Å². The average Bonchev–Trinajstić information content (AvgIpc) is 2.80. The number of nitrogens with zero attached hydrogens (tertiary/aromatic N) is 3. The van der Waals surface area contributed by atoms with Gasteiger partial charge in [0.1, 0.15) is 18.1 Å². The summed E-state index contributed by atoms with van der Waals surface area (Å²) >= 11 is 0.